The van der Waals surface area contributed by atoms with Crippen LogP contribution in [-0.2, 0) is 16.2 Å². The van der Waals surface area contributed by atoms with Gasteiger partial charge in [-0.1, -0.05) is 83.9 Å². The second-order valence-electron chi connectivity index (χ2n) is 7.82. The lowest BCUT2D eigenvalue weighted by Crippen LogP contribution is -1.98. The van der Waals surface area contributed by atoms with E-state index in [1.807, 2.05) is 0 Å². The van der Waals surface area contributed by atoms with Gasteiger partial charge in [-0.25, -0.2) is 0 Å². The van der Waals surface area contributed by atoms with Crippen LogP contribution in [0.3, 0.4) is 0 Å². The molecule has 4 rings (SSSR count). The number of alkyl halides is 1. The number of hydrogen-bond acceptors (Lipinski definition) is 0. The van der Waals surface area contributed by atoms with Gasteiger partial charge in [0.1, 0.15) is 0 Å². The third kappa shape index (κ3) is 4.07. The van der Waals surface area contributed by atoms with Crippen LogP contribution in [0.1, 0.15) is 61.8 Å². The van der Waals surface area contributed by atoms with E-state index in [4.69, 9.17) is 0 Å². The standard InChI is InChI=1S/C11H13Br.C11H14/c1-11(6-7-11)10-4-2-9(8-12)3-5-10;1-9-3-5-10(6-4-9)11(2)7-8-11/h2-5H,6-8H2,1H3;3-6H,7-8H2,1-2H3. The van der Waals surface area contributed by atoms with Gasteiger partial charge < -0.3 is 0 Å². The fraction of sp³-hybridized carbons (Fsp3) is 0.455. The molecule has 0 unspecified atom stereocenters. The van der Waals surface area contributed by atoms with Crippen molar-refractivity contribution in [1.29, 1.82) is 0 Å². The van der Waals surface area contributed by atoms with Crippen LogP contribution < -0.4 is 0 Å². The number of halogens is 1. The van der Waals surface area contributed by atoms with Crippen molar-refractivity contribution in [2.75, 3.05) is 0 Å². The van der Waals surface area contributed by atoms with E-state index in [0.717, 1.165) is 5.33 Å². The van der Waals surface area contributed by atoms with Gasteiger partial charge in [-0.3, -0.25) is 0 Å². The molecule has 2 saturated carbocycles. The molecule has 2 aliphatic rings. The molecule has 0 radical (unpaired) electrons. The van der Waals surface area contributed by atoms with Crippen LogP contribution in [0.15, 0.2) is 48.5 Å². The van der Waals surface area contributed by atoms with Gasteiger partial charge in [-0.05, 0) is 60.1 Å². The van der Waals surface area contributed by atoms with E-state index in [2.05, 4.69) is 85.2 Å². The number of aryl methyl sites for hydroxylation is 1. The van der Waals surface area contributed by atoms with Crippen molar-refractivity contribution in [1.82, 2.24) is 0 Å². The maximum Gasteiger partial charge on any atom is 0.0283 e. The van der Waals surface area contributed by atoms with E-state index in [1.54, 1.807) is 0 Å². The highest BCUT2D eigenvalue weighted by atomic mass is 79.9. The first kappa shape index (κ1) is 16.8. The molecule has 0 aliphatic heterocycles. The number of hydrogen-bond donors (Lipinski definition) is 0. The first-order valence-corrected chi connectivity index (χ1v) is 9.80. The summed E-state index contributed by atoms with van der Waals surface area (Å²) in [6.07, 6.45) is 5.47. The van der Waals surface area contributed by atoms with Gasteiger partial charge in [-0.15, -0.1) is 0 Å². The van der Waals surface area contributed by atoms with Crippen molar-refractivity contribution in [2.24, 2.45) is 0 Å². The molecule has 2 aromatic carbocycles. The third-order valence-electron chi connectivity index (χ3n) is 5.55. The zero-order chi connectivity index (χ0) is 16.5. The highest BCUT2D eigenvalue weighted by Crippen LogP contribution is 2.48. The van der Waals surface area contributed by atoms with Gasteiger partial charge in [0.15, 0.2) is 0 Å². The van der Waals surface area contributed by atoms with Gasteiger partial charge in [0, 0.05) is 5.33 Å². The normalized spacial score (nSPS) is 19.5. The molecule has 0 saturated heterocycles. The molecule has 23 heavy (non-hydrogen) atoms. The molecule has 0 amide bonds. The summed E-state index contributed by atoms with van der Waals surface area (Å²) in [4.78, 5) is 0. The van der Waals surface area contributed by atoms with Crippen LogP contribution in [-0.4, -0.2) is 0 Å². The van der Waals surface area contributed by atoms with Crippen LogP contribution in [0.25, 0.3) is 0 Å². The average molecular weight is 371 g/mol. The molecule has 0 heterocycles. The molecular formula is C22H27Br. The molecule has 0 N–H and O–H groups in total. The van der Waals surface area contributed by atoms with E-state index in [9.17, 15) is 0 Å². The fourth-order valence-corrected chi connectivity index (χ4v) is 3.28. The second-order valence-corrected chi connectivity index (χ2v) is 8.38. The molecule has 0 bridgehead atoms. The topological polar surface area (TPSA) is 0 Å². The van der Waals surface area contributed by atoms with E-state index in [0.29, 0.717) is 10.8 Å². The lowest BCUT2D eigenvalue weighted by atomic mass is 9.98. The molecule has 2 aromatic rings. The number of benzene rings is 2. The Morgan fingerprint density at radius 3 is 1.48 bits per heavy atom. The molecule has 1 heteroatoms. The summed E-state index contributed by atoms with van der Waals surface area (Å²) in [5.74, 6) is 0. The monoisotopic (exact) mass is 370 g/mol. The van der Waals surface area contributed by atoms with Crippen LogP contribution in [0.5, 0.6) is 0 Å². The minimum Gasteiger partial charge on any atom is -0.0876 e. The van der Waals surface area contributed by atoms with E-state index in [1.165, 1.54) is 47.9 Å². The lowest BCUT2D eigenvalue weighted by Gasteiger charge is -2.08. The highest BCUT2D eigenvalue weighted by Gasteiger charge is 2.39. The minimum atomic E-state index is 0.519. The SMILES string of the molecule is CC1(c2ccc(CBr)cc2)CC1.Cc1ccc(C2(C)CC2)cc1. The molecule has 0 nitrogen and oxygen atoms in total. The van der Waals surface area contributed by atoms with E-state index < -0.39 is 0 Å². The summed E-state index contributed by atoms with van der Waals surface area (Å²) in [5, 5.41) is 0.962. The van der Waals surface area contributed by atoms with Crippen molar-refractivity contribution in [3.8, 4) is 0 Å². The Labute approximate surface area is 149 Å². The maximum atomic E-state index is 3.45. The number of rotatable bonds is 3. The average Bonchev–Trinajstić information content (AvgIpc) is 3.49. The summed E-state index contributed by atoms with van der Waals surface area (Å²) >= 11 is 3.45. The van der Waals surface area contributed by atoms with Crippen LogP contribution in [0.2, 0.25) is 0 Å². The molecule has 0 aromatic heterocycles. The quantitative estimate of drug-likeness (QED) is 0.528. The van der Waals surface area contributed by atoms with Gasteiger partial charge >= 0.3 is 0 Å². The molecular weight excluding hydrogens is 344 g/mol. The van der Waals surface area contributed by atoms with Gasteiger partial charge in [0.05, 0.1) is 0 Å². The summed E-state index contributed by atoms with van der Waals surface area (Å²) in [5.41, 5.74) is 6.80. The van der Waals surface area contributed by atoms with Gasteiger partial charge in [0.25, 0.3) is 0 Å². The zero-order valence-electron chi connectivity index (χ0n) is 14.5. The predicted octanol–water partition coefficient (Wildman–Crippen LogP) is 6.68. The van der Waals surface area contributed by atoms with Crippen molar-refractivity contribution in [2.45, 2.75) is 62.6 Å². The van der Waals surface area contributed by atoms with Crippen molar-refractivity contribution >= 4 is 15.9 Å². The highest BCUT2D eigenvalue weighted by molar-refractivity contribution is 9.08. The van der Waals surface area contributed by atoms with Crippen molar-refractivity contribution < 1.29 is 0 Å². The summed E-state index contributed by atoms with van der Waals surface area (Å²) < 4.78 is 0. The van der Waals surface area contributed by atoms with Crippen LogP contribution >= 0.6 is 15.9 Å². The van der Waals surface area contributed by atoms with Crippen LogP contribution in [0, 0.1) is 6.92 Å². The summed E-state index contributed by atoms with van der Waals surface area (Å²) in [7, 11) is 0. The van der Waals surface area contributed by atoms with Gasteiger partial charge in [0.2, 0.25) is 0 Å². The Hall–Kier alpha value is -1.08. The largest absolute Gasteiger partial charge is 0.0876 e. The Morgan fingerprint density at radius 2 is 1.13 bits per heavy atom. The Kier molecular flexibility index (Phi) is 4.69. The first-order chi connectivity index (χ1) is 11.0. The molecule has 0 spiro atoms. The predicted molar refractivity (Wildman–Crippen MR) is 103 cm³/mol. The lowest BCUT2D eigenvalue weighted by molar-refractivity contribution is 0.787. The zero-order valence-corrected chi connectivity index (χ0v) is 16.1. The van der Waals surface area contributed by atoms with E-state index in [-0.39, 0.29) is 0 Å². The maximum absolute atomic E-state index is 3.45. The molecule has 2 fully saturated rings. The smallest absolute Gasteiger partial charge is 0.0283 e. The molecule has 0 atom stereocenters. The summed E-state index contributed by atoms with van der Waals surface area (Å²) in [6.45, 7) is 6.83. The minimum absolute atomic E-state index is 0.519. The summed E-state index contributed by atoms with van der Waals surface area (Å²) in [6, 6.07) is 17.9. The first-order valence-electron chi connectivity index (χ1n) is 8.68. The third-order valence-corrected chi connectivity index (χ3v) is 6.20. The molecule has 2 aliphatic carbocycles. The fourth-order valence-electron chi connectivity index (χ4n) is 2.90. The van der Waals surface area contributed by atoms with E-state index >= 15 is 0 Å². The van der Waals surface area contributed by atoms with Crippen molar-refractivity contribution in [3.63, 3.8) is 0 Å². The molecule has 122 valence electrons. The Balaban J connectivity index is 0.000000136. The Bertz CT molecular complexity index is 643. The van der Waals surface area contributed by atoms with Crippen LogP contribution in [0.4, 0.5) is 0 Å². The Morgan fingerprint density at radius 1 is 0.739 bits per heavy atom. The van der Waals surface area contributed by atoms with Gasteiger partial charge in [-0.2, -0.15) is 0 Å². The second kappa shape index (κ2) is 6.43. The van der Waals surface area contributed by atoms with Crippen molar-refractivity contribution in [3.05, 3.63) is 70.8 Å².